The lowest BCUT2D eigenvalue weighted by atomic mass is 10.2. The van der Waals surface area contributed by atoms with Gasteiger partial charge in [-0.05, 0) is 29.5 Å². The van der Waals surface area contributed by atoms with Crippen molar-refractivity contribution in [2.45, 2.75) is 27.0 Å². The molecule has 0 aliphatic rings. The van der Waals surface area contributed by atoms with E-state index < -0.39 is 0 Å². The average Bonchev–Trinajstić information content (AvgIpc) is 2.92. The fourth-order valence-electron chi connectivity index (χ4n) is 1.71. The molecule has 0 unspecified atom stereocenters. The van der Waals surface area contributed by atoms with Gasteiger partial charge in [-0.2, -0.15) is 0 Å². The van der Waals surface area contributed by atoms with Crippen LogP contribution in [0.1, 0.15) is 24.3 Å². The Hall–Kier alpha value is -1.10. The first kappa shape index (κ1) is 15.3. The van der Waals surface area contributed by atoms with Gasteiger partial charge in [0.05, 0.1) is 5.02 Å². The van der Waals surface area contributed by atoms with Crippen LogP contribution < -0.4 is 10.1 Å². The van der Waals surface area contributed by atoms with Gasteiger partial charge in [0.2, 0.25) is 5.88 Å². The highest BCUT2D eigenvalue weighted by Gasteiger charge is 2.05. The second-order valence-electron chi connectivity index (χ2n) is 5.01. The molecule has 5 heteroatoms. The molecular formula is C15H19ClN2OS. The summed E-state index contributed by atoms with van der Waals surface area (Å²) >= 11 is 7.83. The minimum absolute atomic E-state index is 0.547. The van der Waals surface area contributed by atoms with Crippen molar-refractivity contribution in [1.82, 2.24) is 10.3 Å². The minimum Gasteiger partial charge on any atom is -0.472 e. The summed E-state index contributed by atoms with van der Waals surface area (Å²) in [5, 5.41) is 6.08. The Morgan fingerprint density at radius 1 is 1.45 bits per heavy atom. The molecule has 0 aliphatic carbocycles. The molecule has 0 amide bonds. The third kappa shape index (κ3) is 4.78. The van der Waals surface area contributed by atoms with Crippen LogP contribution in [0.2, 0.25) is 5.02 Å². The fraction of sp³-hybridized carbons (Fsp3) is 0.400. The van der Waals surface area contributed by atoms with Crippen LogP contribution >= 0.6 is 22.9 Å². The van der Waals surface area contributed by atoms with E-state index in [1.54, 1.807) is 17.5 Å². The number of rotatable bonds is 7. The topological polar surface area (TPSA) is 34.1 Å². The Morgan fingerprint density at radius 3 is 3.00 bits per heavy atom. The molecule has 0 atom stereocenters. The van der Waals surface area contributed by atoms with Gasteiger partial charge in [0.15, 0.2) is 0 Å². The molecule has 0 spiro atoms. The Labute approximate surface area is 129 Å². The summed E-state index contributed by atoms with van der Waals surface area (Å²) in [7, 11) is 0. The van der Waals surface area contributed by atoms with Crippen molar-refractivity contribution in [3.8, 4) is 5.88 Å². The Morgan fingerprint density at radius 2 is 2.30 bits per heavy atom. The van der Waals surface area contributed by atoms with Gasteiger partial charge in [0.1, 0.15) is 6.61 Å². The number of aromatic nitrogens is 1. The van der Waals surface area contributed by atoms with Gasteiger partial charge >= 0.3 is 0 Å². The van der Waals surface area contributed by atoms with Crippen molar-refractivity contribution in [1.29, 1.82) is 0 Å². The number of thiophene rings is 1. The Bertz CT molecular complexity index is 529. The molecule has 3 nitrogen and oxygen atoms in total. The lowest BCUT2D eigenvalue weighted by Gasteiger charge is -2.10. The fourth-order valence-corrected chi connectivity index (χ4v) is 2.49. The number of halogens is 1. The molecule has 2 aromatic rings. The Kier molecular flexibility index (Phi) is 5.83. The highest BCUT2D eigenvalue weighted by molar-refractivity contribution is 7.09. The van der Waals surface area contributed by atoms with E-state index in [9.17, 15) is 0 Å². The van der Waals surface area contributed by atoms with E-state index in [0.717, 1.165) is 18.7 Å². The van der Waals surface area contributed by atoms with Crippen molar-refractivity contribution in [2.75, 3.05) is 6.54 Å². The average molecular weight is 311 g/mol. The maximum atomic E-state index is 6.16. The second-order valence-corrected chi connectivity index (χ2v) is 6.45. The predicted octanol–water partition coefficient (Wildman–Crippen LogP) is 4.12. The van der Waals surface area contributed by atoms with Crippen LogP contribution in [0.3, 0.4) is 0 Å². The molecule has 108 valence electrons. The molecule has 0 fully saturated rings. The van der Waals surface area contributed by atoms with Crippen LogP contribution in [0.15, 0.2) is 29.8 Å². The van der Waals surface area contributed by atoms with E-state index in [2.05, 4.69) is 24.1 Å². The summed E-state index contributed by atoms with van der Waals surface area (Å²) < 4.78 is 5.69. The van der Waals surface area contributed by atoms with Gasteiger partial charge in [0, 0.05) is 23.7 Å². The van der Waals surface area contributed by atoms with Crippen molar-refractivity contribution in [2.24, 2.45) is 5.92 Å². The summed E-state index contributed by atoms with van der Waals surface area (Å²) in [5.74, 6) is 1.23. The number of ether oxygens (including phenoxy) is 1. The van der Waals surface area contributed by atoms with Gasteiger partial charge < -0.3 is 10.1 Å². The van der Waals surface area contributed by atoms with E-state index in [-0.39, 0.29) is 0 Å². The number of nitrogens with one attached hydrogen (secondary N) is 1. The van der Waals surface area contributed by atoms with Crippen molar-refractivity contribution in [3.05, 3.63) is 45.2 Å². The van der Waals surface area contributed by atoms with Crippen LogP contribution in [0.5, 0.6) is 5.88 Å². The van der Waals surface area contributed by atoms with E-state index in [4.69, 9.17) is 16.3 Å². The highest BCUT2D eigenvalue weighted by atomic mass is 35.5. The number of hydrogen-bond acceptors (Lipinski definition) is 4. The predicted molar refractivity (Wildman–Crippen MR) is 84.4 cm³/mol. The van der Waals surface area contributed by atoms with Gasteiger partial charge in [0.25, 0.3) is 0 Å². The first-order chi connectivity index (χ1) is 9.65. The molecular weight excluding hydrogens is 292 g/mol. The number of pyridine rings is 1. The van der Waals surface area contributed by atoms with Crippen LogP contribution in [0, 0.1) is 5.92 Å². The standard InChI is InChI=1S/C15H19ClN2OS/c1-11(2)7-17-8-12-6-15(18-9-14(12)16)19-10-13-4-3-5-20-13/h3-6,9,11,17H,7-8,10H2,1-2H3. The zero-order chi connectivity index (χ0) is 14.4. The first-order valence-electron chi connectivity index (χ1n) is 6.65. The summed E-state index contributed by atoms with van der Waals surface area (Å²) in [5.41, 5.74) is 1.02. The molecule has 0 radical (unpaired) electrons. The summed E-state index contributed by atoms with van der Waals surface area (Å²) in [6.45, 7) is 6.59. The third-order valence-electron chi connectivity index (χ3n) is 2.72. The van der Waals surface area contributed by atoms with E-state index in [1.807, 2.05) is 23.6 Å². The molecule has 2 rings (SSSR count). The molecule has 0 saturated heterocycles. The first-order valence-corrected chi connectivity index (χ1v) is 7.91. The smallest absolute Gasteiger partial charge is 0.213 e. The molecule has 0 aliphatic heterocycles. The maximum absolute atomic E-state index is 6.16. The van der Waals surface area contributed by atoms with E-state index >= 15 is 0 Å². The van der Waals surface area contributed by atoms with Crippen LogP contribution in [0.4, 0.5) is 0 Å². The second kappa shape index (κ2) is 7.62. The summed E-state index contributed by atoms with van der Waals surface area (Å²) in [4.78, 5) is 5.39. The Balaban J connectivity index is 1.93. The van der Waals surface area contributed by atoms with E-state index in [1.165, 1.54) is 4.88 Å². The molecule has 2 heterocycles. The van der Waals surface area contributed by atoms with Gasteiger partial charge in [-0.15, -0.1) is 11.3 Å². The van der Waals surface area contributed by atoms with Crippen molar-refractivity contribution < 1.29 is 4.74 Å². The normalized spacial score (nSPS) is 11.0. The zero-order valence-corrected chi connectivity index (χ0v) is 13.3. The van der Waals surface area contributed by atoms with E-state index in [0.29, 0.717) is 23.4 Å². The third-order valence-corrected chi connectivity index (χ3v) is 3.91. The summed E-state index contributed by atoms with van der Waals surface area (Å²) in [6.07, 6.45) is 1.65. The SMILES string of the molecule is CC(C)CNCc1cc(OCc2cccs2)ncc1Cl. The van der Waals surface area contributed by atoms with Gasteiger partial charge in [-0.3, -0.25) is 0 Å². The quantitative estimate of drug-likeness (QED) is 0.835. The van der Waals surface area contributed by atoms with Gasteiger partial charge in [-0.1, -0.05) is 31.5 Å². The van der Waals surface area contributed by atoms with Crippen LogP contribution in [0.25, 0.3) is 0 Å². The largest absolute Gasteiger partial charge is 0.472 e. The molecule has 0 bridgehead atoms. The van der Waals surface area contributed by atoms with Crippen molar-refractivity contribution in [3.63, 3.8) is 0 Å². The lowest BCUT2D eigenvalue weighted by Crippen LogP contribution is -2.19. The van der Waals surface area contributed by atoms with Crippen molar-refractivity contribution >= 4 is 22.9 Å². The molecule has 2 aromatic heterocycles. The molecule has 20 heavy (non-hydrogen) atoms. The van der Waals surface area contributed by atoms with Crippen LogP contribution in [-0.4, -0.2) is 11.5 Å². The monoisotopic (exact) mass is 310 g/mol. The zero-order valence-electron chi connectivity index (χ0n) is 11.7. The number of nitrogens with zero attached hydrogens (tertiary/aromatic N) is 1. The minimum atomic E-state index is 0.547. The summed E-state index contributed by atoms with van der Waals surface area (Å²) in [6, 6.07) is 5.97. The molecule has 0 aromatic carbocycles. The maximum Gasteiger partial charge on any atom is 0.213 e. The highest BCUT2D eigenvalue weighted by Crippen LogP contribution is 2.20. The van der Waals surface area contributed by atoms with Crippen LogP contribution in [-0.2, 0) is 13.2 Å². The lowest BCUT2D eigenvalue weighted by molar-refractivity contribution is 0.297. The van der Waals surface area contributed by atoms with Gasteiger partial charge in [-0.25, -0.2) is 4.98 Å². The molecule has 1 N–H and O–H groups in total. The molecule has 0 saturated carbocycles. The number of hydrogen-bond donors (Lipinski definition) is 1.